The summed E-state index contributed by atoms with van der Waals surface area (Å²) in [5.74, 6) is 0.147. The van der Waals surface area contributed by atoms with Crippen LogP contribution in [0.2, 0.25) is 0 Å². The minimum atomic E-state index is -0.271. The molecule has 1 heterocycles. The van der Waals surface area contributed by atoms with Crippen LogP contribution in [0.15, 0.2) is 54.8 Å². The minimum absolute atomic E-state index is 0.261. The van der Waals surface area contributed by atoms with Crippen LogP contribution in [0, 0.1) is 11.7 Å². The molecule has 1 atom stereocenters. The lowest BCUT2D eigenvalue weighted by Gasteiger charge is -2.16. The fourth-order valence-corrected chi connectivity index (χ4v) is 2.77. The summed E-state index contributed by atoms with van der Waals surface area (Å²) in [6.07, 6.45) is 5.84. The van der Waals surface area contributed by atoms with E-state index in [2.05, 4.69) is 32.3 Å². The number of halogens is 1. The van der Waals surface area contributed by atoms with Crippen molar-refractivity contribution in [3.8, 4) is 0 Å². The molecule has 4 heteroatoms. The van der Waals surface area contributed by atoms with Crippen molar-refractivity contribution in [1.29, 1.82) is 0 Å². The first-order valence-electron chi connectivity index (χ1n) is 8.30. The number of nitrogens with one attached hydrogen (secondary N) is 1. The van der Waals surface area contributed by atoms with Gasteiger partial charge in [0.1, 0.15) is 5.82 Å². The summed E-state index contributed by atoms with van der Waals surface area (Å²) < 4.78 is 13.7. The second kappa shape index (κ2) is 7.95. The maximum atomic E-state index is 13.7. The third-order valence-corrected chi connectivity index (χ3v) is 4.33. The number of carbonyl (C=O) groups is 1. The van der Waals surface area contributed by atoms with Crippen molar-refractivity contribution >= 4 is 6.03 Å². The van der Waals surface area contributed by atoms with Crippen molar-refractivity contribution < 1.29 is 9.18 Å². The summed E-state index contributed by atoms with van der Waals surface area (Å²) >= 11 is 0. The van der Waals surface area contributed by atoms with Gasteiger partial charge in [-0.25, -0.2) is 9.18 Å². The molecule has 1 unspecified atom stereocenters. The molecule has 24 heavy (non-hydrogen) atoms. The van der Waals surface area contributed by atoms with Gasteiger partial charge in [0, 0.05) is 17.8 Å². The van der Waals surface area contributed by atoms with E-state index in [1.165, 1.54) is 6.07 Å². The second-order valence-corrected chi connectivity index (χ2v) is 6.29. The highest BCUT2D eigenvalue weighted by molar-refractivity contribution is 5.77. The predicted octanol–water partition coefficient (Wildman–Crippen LogP) is 4.91. The number of rotatable bonds is 6. The summed E-state index contributed by atoms with van der Waals surface area (Å²) in [6.45, 7) is 12.9. The molecule has 3 nitrogen and oxygen atoms in total. The summed E-state index contributed by atoms with van der Waals surface area (Å²) in [5, 5.41) is 2.74. The molecular weight excluding hydrogens is 303 g/mol. The Labute approximate surface area is 143 Å². The van der Waals surface area contributed by atoms with E-state index in [1.807, 2.05) is 12.1 Å². The van der Waals surface area contributed by atoms with Gasteiger partial charge >= 0.3 is 6.03 Å². The Hall–Kier alpha value is -2.36. The van der Waals surface area contributed by atoms with Gasteiger partial charge in [0.2, 0.25) is 0 Å². The zero-order valence-corrected chi connectivity index (χ0v) is 14.4. The summed E-state index contributed by atoms with van der Waals surface area (Å²) in [7, 11) is 0. The molecule has 0 saturated heterocycles. The number of hydrogen-bond acceptors (Lipinski definition) is 1. The molecule has 1 aromatic rings. The van der Waals surface area contributed by atoms with Gasteiger partial charge in [0.25, 0.3) is 0 Å². The van der Waals surface area contributed by atoms with Crippen molar-refractivity contribution in [3.05, 3.63) is 71.7 Å². The highest BCUT2D eigenvalue weighted by Gasteiger charge is 2.25. The van der Waals surface area contributed by atoms with Crippen molar-refractivity contribution in [1.82, 2.24) is 10.2 Å². The van der Waals surface area contributed by atoms with E-state index in [4.69, 9.17) is 0 Å². The van der Waals surface area contributed by atoms with Crippen molar-refractivity contribution in [2.45, 2.75) is 39.8 Å². The van der Waals surface area contributed by atoms with Gasteiger partial charge in [-0.2, -0.15) is 0 Å². The molecule has 0 bridgehead atoms. The van der Waals surface area contributed by atoms with E-state index in [0.717, 1.165) is 24.0 Å². The van der Waals surface area contributed by atoms with Gasteiger partial charge in [-0.05, 0) is 30.0 Å². The number of hydrogen-bond donors (Lipinski definition) is 1. The molecule has 0 aromatic heterocycles. The quantitative estimate of drug-likeness (QED) is 0.739. The first-order chi connectivity index (χ1) is 11.4. The summed E-state index contributed by atoms with van der Waals surface area (Å²) in [6, 6.07) is 4.66. The molecule has 0 aliphatic carbocycles. The monoisotopic (exact) mass is 328 g/mol. The molecule has 1 aromatic carbocycles. The maximum Gasteiger partial charge on any atom is 0.322 e. The van der Waals surface area contributed by atoms with E-state index in [1.54, 1.807) is 17.0 Å². The Balaban J connectivity index is 1.88. The van der Waals surface area contributed by atoms with Gasteiger partial charge in [0.05, 0.1) is 6.54 Å². The van der Waals surface area contributed by atoms with Crippen LogP contribution in [-0.2, 0) is 13.1 Å². The smallest absolute Gasteiger partial charge is 0.316 e. The molecule has 2 rings (SSSR count). The third kappa shape index (κ3) is 4.34. The van der Waals surface area contributed by atoms with E-state index in [9.17, 15) is 9.18 Å². The van der Waals surface area contributed by atoms with Gasteiger partial charge in [0.15, 0.2) is 0 Å². The van der Waals surface area contributed by atoms with Gasteiger partial charge in [-0.3, -0.25) is 0 Å². The normalized spacial score (nSPS) is 14.5. The van der Waals surface area contributed by atoms with Crippen LogP contribution in [0.1, 0.15) is 37.8 Å². The molecule has 0 radical (unpaired) electrons. The largest absolute Gasteiger partial charge is 0.322 e. The Morgan fingerprint density at radius 1 is 1.38 bits per heavy atom. The Morgan fingerprint density at radius 3 is 2.79 bits per heavy atom. The average molecular weight is 328 g/mol. The molecule has 1 N–H and O–H groups in total. The number of urea groups is 1. The van der Waals surface area contributed by atoms with E-state index < -0.39 is 0 Å². The van der Waals surface area contributed by atoms with Gasteiger partial charge in [-0.15, -0.1) is 0 Å². The maximum absolute atomic E-state index is 13.7. The van der Waals surface area contributed by atoms with Crippen LogP contribution in [0.5, 0.6) is 0 Å². The van der Waals surface area contributed by atoms with Gasteiger partial charge in [-0.1, -0.05) is 57.2 Å². The van der Waals surface area contributed by atoms with Crippen LogP contribution in [0.25, 0.3) is 0 Å². The number of nitrogens with zero attached hydrogens (tertiary/aromatic N) is 1. The summed E-state index contributed by atoms with van der Waals surface area (Å²) in [4.78, 5) is 13.9. The number of fused-ring (bicyclic) bond motifs is 1. The lowest BCUT2D eigenvalue weighted by molar-refractivity contribution is 0.201. The van der Waals surface area contributed by atoms with E-state index in [0.29, 0.717) is 23.7 Å². The highest BCUT2D eigenvalue weighted by Crippen LogP contribution is 2.25. The van der Waals surface area contributed by atoms with Crippen molar-refractivity contribution in [2.24, 2.45) is 5.92 Å². The fraction of sp³-hybridized carbons (Fsp3) is 0.350. The van der Waals surface area contributed by atoms with Crippen LogP contribution in [-0.4, -0.2) is 10.9 Å². The fourth-order valence-electron chi connectivity index (χ4n) is 2.77. The molecule has 0 saturated carbocycles. The standard InChI is InChI=1S/C20H25FN2O/c1-5-7-14(2)15(3)10-11-16(4)22-20(24)23-12-17-8-6-9-19(21)18(17)13-23/h6,8-11,14H,3-5,7,12-13H2,1-2H3,(H,22,24)/b11-10-. The van der Waals surface area contributed by atoms with Crippen LogP contribution < -0.4 is 5.32 Å². The van der Waals surface area contributed by atoms with E-state index >= 15 is 0 Å². The first-order valence-corrected chi connectivity index (χ1v) is 8.30. The average Bonchev–Trinajstić information content (AvgIpc) is 2.98. The zero-order valence-electron chi connectivity index (χ0n) is 14.4. The molecular formula is C20H25FN2O. The second-order valence-electron chi connectivity index (χ2n) is 6.29. The molecule has 0 fully saturated rings. The van der Waals surface area contributed by atoms with Crippen molar-refractivity contribution in [3.63, 3.8) is 0 Å². The number of carbonyl (C=O) groups excluding carboxylic acids is 1. The molecule has 1 aliphatic rings. The van der Waals surface area contributed by atoms with Gasteiger partial charge < -0.3 is 10.2 Å². The van der Waals surface area contributed by atoms with Crippen LogP contribution in [0.4, 0.5) is 9.18 Å². The number of amides is 2. The molecule has 128 valence electrons. The van der Waals surface area contributed by atoms with Crippen molar-refractivity contribution in [2.75, 3.05) is 0 Å². The third-order valence-electron chi connectivity index (χ3n) is 4.33. The van der Waals surface area contributed by atoms with E-state index in [-0.39, 0.29) is 18.4 Å². The van der Waals surface area contributed by atoms with Crippen LogP contribution >= 0.6 is 0 Å². The Morgan fingerprint density at radius 2 is 2.12 bits per heavy atom. The summed E-state index contributed by atoms with van der Waals surface area (Å²) in [5.41, 5.74) is 2.97. The SMILES string of the molecule is C=C(/C=C\C(=C)C(C)CCC)NC(=O)N1Cc2cccc(F)c2C1. The molecule has 1 aliphatic heterocycles. The Bertz CT molecular complexity index is 678. The Kier molecular flexibility index (Phi) is 5.96. The molecule has 2 amide bonds. The number of allylic oxidation sites excluding steroid dienone is 3. The highest BCUT2D eigenvalue weighted by atomic mass is 19.1. The minimum Gasteiger partial charge on any atom is -0.316 e. The lowest BCUT2D eigenvalue weighted by atomic mass is 9.97. The lowest BCUT2D eigenvalue weighted by Crippen LogP contribution is -2.35. The first kappa shape index (κ1) is 18.0. The number of benzene rings is 1. The topological polar surface area (TPSA) is 32.3 Å². The zero-order chi connectivity index (χ0) is 17.7. The molecule has 0 spiro atoms. The predicted molar refractivity (Wildman–Crippen MR) is 95.7 cm³/mol. The van der Waals surface area contributed by atoms with Crippen LogP contribution in [0.3, 0.4) is 0 Å².